The lowest BCUT2D eigenvalue weighted by Gasteiger charge is -2.18. The second-order valence-corrected chi connectivity index (χ2v) is 6.88. The molecule has 0 bridgehead atoms. The van der Waals surface area contributed by atoms with Crippen LogP contribution in [0, 0.1) is 13.8 Å². The number of rotatable bonds is 7. The van der Waals surface area contributed by atoms with Gasteiger partial charge < -0.3 is 5.32 Å². The van der Waals surface area contributed by atoms with Crippen molar-refractivity contribution in [2.24, 2.45) is 0 Å². The van der Waals surface area contributed by atoms with Crippen LogP contribution in [0.2, 0.25) is 0 Å². The molecule has 0 heterocycles. The van der Waals surface area contributed by atoms with E-state index in [2.05, 4.69) is 10.0 Å². The number of nitrogens with one attached hydrogen (secondary N) is 2. The Hall–Kier alpha value is -0.910. The van der Waals surface area contributed by atoms with Gasteiger partial charge in [0, 0.05) is 12.6 Å². The summed E-state index contributed by atoms with van der Waals surface area (Å²) in [7, 11) is -1.60. The van der Waals surface area contributed by atoms with Crippen LogP contribution in [0.5, 0.6) is 0 Å². The van der Waals surface area contributed by atoms with Gasteiger partial charge in [-0.15, -0.1) is 0 Å². The molecule has 0 radical (unpaired) electrons. The molecule has 0 saturated heterocycles. The summed E-state index contributed by atoms with van der Waals surface area (Å²) >= 11 is 0. The van der Waals surface area contributed by atoms with Crippen molar-refractivity contribution in [2.45, 2.75) is 58.0 Å². The first-order valence-corrected chi connectivity index (χ1v) is 8.61. The lowest BCUT2D eigenvalue weighted by molar-refractivity contribution is 0.529. The summed E-state index contributed by atoms with van der Waals surface area (Å²) in [5, 5.41) is 3.06. The molecule has 0 aliphatic carbocycles. The Morgan fingerprint density at radius 1 is 1.15 bits per heavy atom. The maximum absolute atomic E-state index is 12.6. The second kappa shape index (κ2) is 7.20. The summed E-state index contributed by atoms with van der Waals surface area (Å²) in [5.74, 6) is 0. The quantitative estimate of drug-likeness (QED) is 0.813. The largest absolute Gasteiger partial charge is 0.316 e. The van der Waals surface area contributed by atoms with Crippen molar-refractivity contribution in [2.75, 3.05) is 7.05 Å². The van der Waals surface area contributed by atoms with E-state index in [-0.39, 0.29) is 6.04 Å². The van der Waals surface area contributed by atoms with Crippen molar-refractivity contribution in [3.8, 4) is 0 Å². The van der Waals surface area contributed by atoms with Crippen LogP contribution in [-0.4, -0.2) is 21.5 Å². The topological polar surface area (TPSA) is 58.2 Å². The number of hydrogen-bond donors (Lipinski definition) is 2. The van der Waals surface area contributed by atoms with Gasteiger partial charge in [0.15, 0.2) is 0 Å². The minimum Gasteiger partial charge on any atom is -0.316 e. The standard InChI is InChI=1S/C15H26N2O2S/c1-6-14(7-2)17-20(18,19)15-9-13(10-16-5)8-11(3)12(15)4/h8-9,14,16-17H,6-7,10H2,1-5H3. The monoisotopic (exact) mass is 298 g/mol. The molecule has 2 N–H and O–H groups in total. The number of benzene rings is 1. The van der Waals surface area contributed by atoms with Gasteiger partial charge in [-0.2, -0.15) is 0 Å². The van der Waals surface area contributed by atoms with Gasteiger partial charge in [-0.1, -0.05) is 19.9 Å². The summed E-state index contributed by atoms with van der Waals surface area (Å²) in [6.45, 7) is 8.46. The van der Waals surface area contributed by atoms with Crippen molar-refractivity contribution >= 4 is 10.0 Å². The SMILES string of the molecule is CCC(CC)NS(=O)(=O)c1cc(CNC)cc(C)c1C. The smallest absolute Gasteiger partial charge is 0.241 e. The first-order valence-electron chi connectivity index (χ1n) is 7.12. The molecule has 0 fully saturated rings. The minimum absolute atomic E-state index is 0.00679. The van der Waals surface area contributed by atoms with Crippen molar-refractivity contribution in [3.63, 3.8) is 0 Å². The van der Waals surface area contributed by atoms with Crippen LogP contribution in [-0.2, 0) is 16.6 Å². The van der Waals surface area contributed by atoms with Gasteiger partial charge in [0.2, 0.25) is 10.0 Å². The van der Waals surface area contributed by atoms with Crippen molar-refractivity contribution in [1.82, 2.24) is 10.0 Å². The van der Waals surface area contributed by atoms with E-state index >= 15 is 0 Å². The molecule has 20 heavy (non-hydrogen) atoms. The predicted molar refractivity (Wildman–Crippen MR) is 83.4 cm³/mol. The zero-order valence-electron chi connectivity index (χ0n) is 13.1. The van der Waals surface area contributed by atoms with Gasteiger partial charge in [-0.05, 0) is 56.5 Å². The van der Waals surface area contributed by atoms with Crippen LogP contribution >= 0.6 is 0 Å². The third-order valence-electron chi connectivity index (χ3n) is 3.66. The Morgan fingerprint density at radius 3 is 2.25 bits per heavy atom. The lowest BCUT2D eigenvalue weighted by atomic mass is 10.1. The Labute approximate surface area is 123 Å². The number of sulfonamides is 1. The zero-order valence-corrected chi connectivity index (χ0v) is 13.9. The predicted octanol–water partition coefficient (Wildman–Crippen LogP) is 2.49. The Kier molecular flexibility index (Phi) is 6.17. The highest BCUT2D eigenvalue weighted by Crippen LogP contribution is 2.22. The Balaban J connectivity index is 3.22. The minimum atomic E-state index is -3.46. The maximum Gasteiger partial charge on any atom is 0.241 e. The first kappa shape index (κ1) is 17.1. The zero-order chi connectivity index (χ0) is 15.3. The fourth-order valence-corrected chi connectivity index (χ4v) is 3.99. The molecule has 5 heteroatoms. The first-order chi connectivity index (χ1) is 9.35. The molecule has 4 nitrogen and oxygen atoms in total. The van der Waals surface area contributed by atoms with E-state index in [9.17, 15) is 8.42 Å². The van der Waals surface area contributed by atoms with E-state index in [4.69, 9.17) is 0 Å². The highest BCUT2D eigenvalue weighted by Gasteiger charge is 2.21. The third-order valence-corrected chi connectivity index (χ3v) is 5.30. The highest BCUT2D eigenvalue weighted by atomic mass is 32.2. The molecule has 1 aromatic rings. The van der Waals surface area contributed by atoms with Crippen LogP contribution in [0.1, 0.15) is 43.4 Å². The van der Waals surface area contributed by atoms with Gasteiger partial charge in [-0.25, -0.2) is 13.1 Å². The molecule has 0 saturated carbocycles. The van der Waals surface area contributed by atoms with E-state index in [1.54, 1.807) is 6.07 Å². The fraction of sp³-hybridized carbons (Fsp3) is 0.600. The van der Waals surface area contributed by atoms with Gasteiger partial charge in [0.25, 0.3) is 0 Å². The molecule has 0 aliphatic heterocycles. The molecule has 1 rings (SSSR count). The summed E-state index contributed by atoms with van der Waals surface area (Å²) in [4.78, 5) is 0.398. The molecular formula is C15H26N2O2S. The van der Waals surface area contributed by atoms with E-state index in [1.165, 1.54) is 0 Å². The van der Waals surface area contributed by atoms with Crippen LogP contribution in [0.3, 0.4) is 0 Å². The lowest BCUT2D eigenvalue weighted by Crippen LogP contribution is -2.34. The maximum atomic E-state index is 12.6. The Morgan fingerprint density at radius 2 is 1.75 bits per heavy atom. The van der Waals surface area contributed by atoms with Gasteiger partial charge in [0.05, 0.1) is 4.90 Å². The molecule has 0 atom stereocenters. The average molecular weight is 298 g/mol. The number of aryl methyl sites for hydroxylation is 1. The van der Waals surface area contributed by atoms with Crippen molar-refractivity contribution < 1.29 is 8.42 Å². The summed E-state index contributed by atoms with van der Waals surface area (Å²) in [6, 6.07) is 3.79. The summed E-state index contributed by atoms with van der Waals surface area (Å²) in [5.41, 5.74) is 2.81. The van der Waals surface area contributed by atoms with Crippen molar-refractivity contribution in [1.29, 1.82) is 0 Å². The van der Waals surface area contributed by atoms with Gasteiger partial charge >= 0.3 is 0 Å². The summed E-state index contributed by atoms with van der Waals surface area (Å²) < 4.78 is 27.9. The second-order valence-electron chi connectivity index (χ2n) is 5.20. The molecule has 1 aromatic carbocycles. The van der Waals surface area contributed by atoms with E-state index in [0.717, 1.165) is 29.5 Å². The Bertz CT molecular complexity index is 549. The average Bonchev–Trinajstić information content (AvgIpc) is 2.40. The molecular weight excluding hydrogens is 272 g/mol. The van der Waals surface area contributed by atoms with Crippen LogP contribution in [0.25, 0.3) is 0 Å². The molecule has 0 aromatic heterocycles. The normalized spacial score (nSPS) is 12.1. The van der Waals surface area contributed by atoms with Crippen LogP contribution in [0.4, 0.5) is 0 Å². The molecule has 0 spiro atoms. The fourth-order valence-electron chi connectivity index (χ4n) is 2.22. The van der Waals surface area contributed by atoms with E-state index < -0.39 is 10.0 Å². The molecule has 0 amide bonds. The van der Waals surface area contributed by atoms with Crippen LogP contribution < -0.4 is 10.0 Å². The highest BCUT2D eigenvalue weighted by molar-refractivity contribution is 7.89. The van der Waals surface area contributed by atoms with Gasteiger partial charge in [0.1, 0.15) is 0 Å². The number of hydrogen-bond acceptors (Lipinski definition) is 3. The van der Waals surface area contributed by atoms with Crippen molar-refractivity contribution in [3.05, 3.63) is 28.8 Å². The molecule has 0 aliphatic rings. The molecule has 0 unspecified atom stereocenters. The van der Waals surface area contributed by atoms with E-state index in [0.29, 0.717) is 11.4 Å². The molecule has 114 valence electrons. The van der Waals surface area contributed by atoms with Crippen LogP contribution in [0.15, 0.2) is 17.0 Å². The summed E-state index contributed by atoms with van der Waals surface area (Å²) in [6.07, 6.45) is 1.59. The van der Waals surface area contributed by atoms with Gasteiger partial charge in [-0.3, -0.25) is 0 Å². The van der Waals surface area contributed by atoms with E-state index in [1.807, 2.05) is 40.8 Å². The third kappa shape index (κ3) is 4.04.